The topological polar surface area (TPSA) is 68.1 Å². The SMILES string of the molecule is O=[N+]([O-])c1cnc2ccccc2c1NCCCCCCCl. The second-order valence-corrected chi connectivity index (χ2v) is 5.20. The third-order valence-corrected chi connectivity index (χ3v) is 3.58. The van der Waals surface area contributed by atoms with E-state index in [1.54, 1.807) is 0 Å². The fourth-order valence-electron chi connectivity index (χ4n) is 2.24. The Morgan fingerprint density at radius 2 is 1.95 bits per heavy atom. The number of halogens is 1. The highest BCUT2D eigenvalue weighted by molar-refractivity contribution is 6.17. The van der Waals surface area contributed by atoms with Gasteiger partial charge in [-0.15, -0.1) is 11.6 Å². The highest BCUT2D eigenvalue weighted by Crippen LogP contribution is 2.31. The monoisotopic (exact) mass is 307 g/mol. The molecular weight excluding hydrogens is 290 g/mol. The first-order chi connectivity index (χ1) is 10.2. The van der Waals surface area contributed by atoms with E-state index in [1.165, 1.54) is 6.20 Å². The molecule has 0 unspecified atom stereocenters. The first kappa shape index (κ1) is 15.5. The van der Waals surface area contributed by atoms with Gasteiger partial charge in [-0.1, -0.05) is 31.0 Å². The minimum absolute atomic E-state index is 0.0226. The molecule has 1 N–H and O–H groups in total. The van der Waals surface area contributed by atoms with Crippen molar-refractivity contribution < 1.29 is 4.92 Å². The molecule has 0 bridgehead atoms. The van der Waals surface area contributed by atoms with Crippen molar-refractivity contribution in [2.24, 2.45) is 0 Å². The summed E-state index contributed by atoms with van der Waals surface area (Å²) in [4.78, 5) is 14.9. The van der Waals surface area contributed by atoms with Gasteiger partial charge in [0.15, 0.2) is 0 Å². The van der Waals surface area contributed by atoms with Gasteiger partial charge in [0.05, 0.1) is 10.4 Å². The van der Waals surface area contributed by atoms with E-state index in [2.05, 4.69) is 10.3 Å². The number of pyridine rings is 1. The number of hydrogen-bond acceptors (Lipinski definition) is 4. The van der Waals surface area contributed by atoms with Crippen LogP contribution in [0.1, 0.15) is 25.7 Å². The summed E-state index contributed by atoms with van der Waals surface area (Å²) in [5.74, 6) is 0.688. The molecule has 0 spiro atoms. The number of fused-ring (bicyclic) bond motifs is 1. The standard InChI is InChI=1S/C15H18ClN3O2/c16-9-5-1-2-6-10-17-15-12-7-3-4-8-13(12)18-11-14(15)19(20)21/h3-4,7-8,11H,1-2,5-6,9-10H2,(H,17,18). The number of rotatable bonds is 8. The zero-order valence-corrected chi connectivity index (χ0v) is 12.5. The van der Waals surface area contributed by atoms with Crippen LogP contribution in [0.4, 0.5) is 11.4 Å². The van der Waals surface area contributed by atoms with Crippen LogP contribution in [0.2, 0.25) is 0 Å². The lowest BCUT2D eigenvalue weighted by Gasteiger charge is -2.09. The Morgan fingerprint density at radius 1 is 1.19 bits per heavy atom. The van der Waals surface area contributed by atoms with E-state index in [0.29, 0.717) is 18.1 Å². The van der Waals surface area contributed by atoms with Crippen LogP contribution in [0.15, 0.2) is 30.5 Å². The molecule has 1 heterocycles. The molecule has 5 nitrogen and oxygen atoms in total. The van der Waals surface area contributed by atoms with Gasteiger partial charge < -0.3 is 5.32 Å². The van der Waals surface area contributed by atoms with Gasteiger partial charge in [0.25, 0.3) is 0 Å². The highest BCUT2D eigenvalue weighted by atomic mass is 35.5. The molecule has 2 aromatic rings. The Kier molecular flexibility index (Phi) is 5.75. The molecule has 0 saturated carbocycles. The molecule has 0 aliphatic rings. The van der Waals surface area contributed by atoms with Gasteiger partial charge in [-0.25, -0.2) is 4.98 Å². The molecule has 0 fully saturated rings. The molecule has 0 atom stereocenters. The molecule has 0 radical (unpaired) electrons. The van der Waals surface area contributed by atoms with Crippen molar-refractivity contribution in [3.05, 3.63) is 40.6 Å². The second kappa shape index (κ2) is 7.78. The summed E-state index contributed by atoms with van der Waals surface area (Å²) in [7, 11) is 0. The fourth-order valence-corrected chi connectivity index (χ4v) is 2.43. The number of unbranched alkanes of at least 4 members (excludes halogenated alkanes) is 3. The van der Waals surface area contributed by atoms with Gasteiger partial charge >= 0.3 is 5.69 Å². The normalized spacial score (nSPS) is 10.7. The van der Waals surface area contributed by atoms with Gasteiger partial charge in [-0.2, -0.15) is 0 Å². The number of hydrogen-bond donors (Lipinski definition) is 1. The quantitative estimate of drug-likeness (QED) is 0.340. The highest BCUT2D eigenvalue weighted by Gasteiger charge is 2.17. The van der Waals surface area contributed by atoms with Crippen molar-refractivity contribution >= 4 is 33.9 Å². The average molecular weight is 308 g/mol. The second-order valence-electron chi connectivity index (χ2n) is 4.82. The molecule has 6 heteroatoms. The van der Waals surface area contributed by atoms with E-state index in [-0.39, 0.29) is 5.69 Å². The van der Waals surface area contributed by atoms with Crippen molar-refractivity contribution in [2.45, 2.75) is 25.7 Å². The maximum Gasteiger partial charge on any atom is 0.311 e. The average Bonchev–Trinajstić information content (AvgIpc) is 2.50. The van der Waals surface area contributed by atoms with E-state index in [1.807, 2.05) is 24.3 Å². The molecule has 0 aliphatic carbocycles. The summed E-state index contributed by atoms with van der Waals surface area (Å²) in [6.07, 6.45) is 5.45. The number of nitro groups is 1. The summed E-state index contributed by atoms with van der Waals surface area (Å²) in [6.45, 7) is 0.705. The predicted octanol–water partition coefficient (Wildman–Crippen LogP) is 4.35. The summed E-state index contributed by atoms with van der Waals surface area (Å²) in [6, 6.07) is 7.44. The Morgan fingerprint density at radius 3 is 2.71 bits per heavy atom. The van der Waals surface area contributed by atoms with Crippen LogP contribution in [-0.2, 0) is 0 Å². The van der Waals surface area contributed by atoms with Crippen molar-refractivity contribution in [2.75, 3.05) is 17.7 Å². The summed E-state index contributed by atoms with van der Waals surface area (Å²) in [5.41, 5.74) is 1.34. The lowest BCUT2D eigenvalue weighted by Crippen LogP contribution is -2.05. The van der Waals surface area contributed by atoms with Crippen LogP contribution in [0.3, 0.4) is 0 Å². The van der Waals surface area contributed by atoms with Crippen LogP contribution >= 0.6 is 11.6 Å². The zero-order chi connectivity index (χ0) is 15.1. The molecule has 112 valence electrons. The Hall–Kier alpha value is -1.88. The van der Waals surface area contributed by atoms with Gasteiger partial charge in [-0.3, -0.25) is 10.1 Å². The van der Waals surface area contributed by atoms with Gasteiger partial charge in [-0.05, 0) is 18.9 Å². The number of anilines is 1. The lowest BCUT2D eigenvalue weighted by molar-refractivity contribution is -0.384. The number of aromatic nitrogens is 1. The molecule has 21 heavy (non-hydrogen) atoms. The molecule has 0 aliphatic heterocycles. The van der Waals surface area contributed by atoms with Crippen LogP contribution in [-0.4, -0.2) is 22.3 Å². The Bertz CT molecular complexity index is 619. The van der Waals surface area contributed by atoms with E-state index in [9.17, 15) is 10.1 Å². The van der Waals surface area contributed by atoms with Crippen LogP contribution < -0.4 is 5.32 Å². The maximum atomic E-state index is 11.2. The molecular formula is C15H18ClN3O2. The predicted molar refractivity (Wildman–Crippen MR) is 86.1 cm³/mol. The van der Waals surface area contributed by atoms with Gasteiger partial charge in [0, 0.05) is 17.8 Å². The van der Waals surface area contributed by atoms with Crippen LogP contribution in [0.25, 0.3) is 10.9 Å². The minimum Gasteiger partial charge on any atom is -0.379 e. The smallest absolute Gasteiger partial charge is 0.311 e. The molecule has 2 rings (SSSR count). The molecule has 0 saturated heterocycles. The van der Waals surface area contributed by atoms with Crippen molar-refractivity contribution in [3.8, 4) is 0 Å². The number of benzene rings is 1. The number of alkyl halides is 1. The van der Waals surface area contributed by atoms with E-state index >= 15 is 0 Å². The summed E-state index contributed by atoms with van der Waals surface area (Å²) < 4.78 is 0. The third kappa shape index (κ3) is 4.04. The summed E-state index contributed by atoms with van der Waals surface area (Å²) >= 11 is 5.63. The Balaban J connectivity index is 2.12. The van der Waals surface area contributed by atoms with Crippen molar-refractivity contribution in [3.63, 3.8) is 0 Å². The maximum absolute atomic E-state index is 11.2. The van der Waals surface area contributed by atoms with Crippen LogP contribution in [0.5, 0.6) is 0 Å². The Labute approximate surface area is 128 Å². The van der Waals surface area contributed by atoms with E-state index < -0.39 is 4.92 Å². The van der Waals surface area contributed by atoms with Crippen molar-refractivity contribution in [1.82, 2.24) is 4.98 Å². The van der Waals surface area contributed by atoms with Gasteiger partial charge in [0.1, 0.15) is 11.9 Å². The van der Waals surface area contributed by atoms with E-state index in [4.69, 9.17) is 11.6 Å². The minimum atomic E-state index is -0.394. The number of nitrogens with zero attached hydrogens (tertiary/aromatic N) is 2. The van der Waals surface area contributed by atoms with Crippen molar-refractivity contribution in [1.29, 1.82) is 0 Å². The summed E-state index contributed by atoms with van der Waals surface area (Å²) in [5, 5.41) is 15.1. The third-order valence-electron chi connectivity index (χ3n) is 3.31. The largest absolute Gasteiger partial charge is 0.379 e. The number of nitrogens with one attached hydrogen (secondary N) is 1. The molecule has 1 aromatic carbocycles. The number of para-hydroxylation sites is 1. The van der Waals surface area contributed by atoms with E-state index in [0.717, 1.165) is 36.6 Å². The first-order valence-electron chi connectivity index (χ1n) is 7.06. The molecule has 0 amide bonds. The fraction of sp³-hybridized carbons (Fsp3) is 0.400. The lowest BCUT2D eigenvalue weighted by atomic mass is 10.1. The van der Waals surface area contributed by atoms with Crippen LogP contribution in [0, 0.1) is 10.1 Å². The zero-order valence-electron chi connectivity index (χ0n) is 11.7. The first-order valence-corrected chi connectivity index (χ1v) is 7.59. The van der Waals surface area contributed by atoms with Gasteiger partial charge in [0.2, 0.25) is 0 Å². The molecule has 1 aromatic heterocycles.